The van der Waals surface area contributed by atoms with Crippen molar-refractivity contribution in [2.24, 2.45) is 0 Å². The standard InChI is InChI=1S/C32H28ClF4N7O2/c1-6-20(45)43-10-9-42(13-16(43)5)30-17-11-19(33)28(21-22(34)23(35)24(36)25(37)26(21)39)41-31(17)44(32(46)18(30)12-38)29-15(4)7-8-40-27(29)14(2)3/h6-8,11,14,16H,1,9-10,13,39H2,2-5H3. The van der Waals surface area contributed by atoms with Gasteiger partial charge in [0.1, 0.15) is 17.3 Å². The number of benzene rings is 1. The van der Waals surface area contributed by atoms with Crippen molar-refractivity contribution in [2.45, 2.75) is 39.7 Å². The summed E-state index contributed by atoms with van der Waals surface area (Å²) in [5, 5.41) is 10.2. The van der Waals surface area contributed by atoms with E-state index in [1.807, 2.05) is 19.9 Å². The Kier molecular flexibility index (Phi) is 8.53. The first-order valence-corrected chi connectivity index (χ1v) is 14.6. The number of anilines is 2. The monoisotopic (exact) mass is 653 g/mol. The van der Waals surface area contributed by atoms with Crippen LogP contribution in [-0.4, -0.2) is 51.0 Å². The van der Waals surface area contributed by atoms with E-state index in [2.05, 4.69) is 16.5 Å². The number of hydrogen-bond acceptors (Lipinski definition) is 7. The van der Waals surface area contributed by atoms with Crippen LogP contribution in [0.25, 0.3) is 28.0 Å². The van der Waals surface area contributed by atoms with Crippen LogP contribution < -0.4 is 16.2 Å². The van der Waals surface area contributed by atoms with Gasteiger partial charge in [-0.2, -0.15) is 5.26 Å². The van der Waals surface area contributed by atoms with Gasteiger partial charge in [-0.1, -0.05) is 32.0 Å². The summed E-state index contributed by atoms with van der Waals surface area (Å²) in [5.41, 5.74) is 3.41. The molecule has 238 valence electrons. The molecule has 46 heavy (non-hydrogen) atoms. The number of aryl methyl sites for hydroxylation is 1. The molecule has 4 aromatic rings. The van der Waals surface area contributed by atoms with Gasteiger partial charge in [0.25, 0.3) is 5.56 Å². The smallest absolute Gasteiger partial charge is 0.276 e. The van der Waals surface area contributed by atoms with Crippen LogP contribution in [-0.2, 0) is 4.79 Å². The first kappa shape index (κ1) is 32.4. The predicted molar refractivity (Wildman–Crippen MR) is 167 cm³/mol. The Hall–Kier alpha value is -4.96. The van der Waals surface area contributed by atoms with E-state index < -0.39 is 45.8 Å². The minimum absolute atomic E-state index is 0.148. The molecule has 3 aromatic heterocycles. The van der Waals surface area contributed by atoms with Crippen molar-refractivity contribution < 1.29 is 22.4 Å². The summed E-state index contributed by atoms with van der Waals surface area (Å²) in [6.07, 6.45) is 2.76. The van der Waals surface area contributed by atoms with E-state index in [1.54, 1.807) is 35.9 Å². The third-order valence-electron chi connectivity index (χ3n) is 8.05. The summed E-state index contributed by atoms with van der Waals surface area (Å²) in [6, 6.07) is 4.59. The van der Waals surface area contributed by atoms with Gasteiger partial charge in [0.05, 0.1) is 39.0 Å². The summed E-state index contributed by atoms with van der Waals surface area (Å²) >= 11 is 6.61. The lowest BCUT2D eigenvalue weighted by atomic mass is 10.0. The SMILES string of the molecule is C=CC(=O)N1CCN(c2c(C#N)c(=O)n(-c3c(C)ccnc3C(C)C)c3nc(-c4c(N)c(F)c(F)c(F)c4F)c(Cl)cc23)CC1C. The average molecular weight is 654 g/mol. The fraction of sp³-hybridized carbons (Fsp3) is 0.281. The number of halogens is 5. The third kappa shape index (κ3) is 5.02. The lowest BCUT2D eigenvalue weighted by Crippen LogP contribution is -2.54. The molecule has 4 heterocycles. The van der Waals surface area contributed by atoms with Gasteiger partial charge in [-0.25, -0.2) is 22.5 Å². The van der Waals surface area contributed by atoms with Crippen LogP contribution in [0, 0.1) is 41.5 Å². The fourth-order valence-electron chi connectivity index (χ4n) is 5.85. The molecule has 2 N–H and O–H groups in total. The van der Waals surface area contributed by atoms with Gasteiger partial charge in [-0.3, -0.25) is 19.1 Å². The highest BCUT2D eigenvalue weighted by molar-refractivity contribution is 6.34. The molecule has 9 nitrogen and oxygen atoms in total. The maximum absolute atomic E-state index is 15.2. The van der Waals surface area contributed by atoms with E-state index in [0.29, 0.717) is 11.3 Å². The topological polar surface area (TPSA) is 121 Å². The van der Waals surface area contributed by atoms with E-state index >= 15 is 4.39 Å². The summed E-state index contributed by atoms with van der Waals surface area (Å²) in [5.74, 6) is -8.40. The Morgan fingerprint density at radius 1 is 1.17 bits per heavy atom. The number of nitrogens with two attached hydrogens (primary N) is 1. The van der Waals surface area contributed by atoms with Crippen molar-refractivity contribution in [1.82, 2.24) is 19.4 Å². The first-order chi connectivity index (χ1) is 21.7. The number of carbonyl (C=O) groups excluding carboxylic acids is 1. The Morgan fingerprint density at radius 2 is 1.85 bits per heavy atom. The number of hydrogen-bond donors (Lipinski definition) is 1. The average Bonchev–Trinajstić information content (AvgIpc) is 3.02. The summed E-state index contributed by atoms with van der Waals surface area (Å²) in [4.78, 5) is 39.1. The molecule has 1 saturated heterocycles. The molecular weight excluding hydrogens is 626 g/mol. The van der Waals surface area contributed by atoms with Crippen LogP contribution in [0.5, 0.6) is 0 Å². The van der Waals surface area contributed by atoms with E-state index in [1.165, 1.54) is 12.1 Å². The maximum atomic E-state index is 15.2. The highest BCUT2D eigenvalue weighted by atomic mass is 35.5. The predicted octanol–water partition coefficient (Wildman–Crippen LogP) is 5.77. The molecule has 0 radical (unpaired) electrons. The van der Waals surface area contributed by atoms with E-state index in [-0.39, 0.29) is 70.5 Å². The van der Waals surface area contributed by atoms with Gasteiger partial charge < -0.3 is 15.5 Å². The zero-order valence-corrected chi connectivity index (χ0v) is 26.0. The molecule has 1 fully saturated rings. The Bertz CT molecular complexity index is 2030. The third-order valence-corrected chi connectivity index (χ3v) is 8.34. The molecule has 1 unspecified atom stereocenters. The van der Waals surface area contributed by atoms with Crippen LogP contribution >= 0.6 is 11.6 Å². The molecular formula is C32H28ClF4N7O2. The molecule has 0 aliphatic carbocycles. The van der Waals surface area contributed by atoms with Crippen molar-refractivity contribution in [1.29, 1.82) is 5.26 Å². The van der Waals surface area contributed by atoms with Gasteiger partial charge in [0.2, 0.25) is 5.91 Å². The maximum Gasteiger partial charge on any atom is 0.276 e. The van der Waals surface area contributed by atoms with Gasteiger partial charge in [0, 0.05) is 37.3 Å². The lowest BCUT2D eigenvalue weighted by molar-refractivity contribution is -0.128. The van der Waals surface area contributed by atoms with Gasteiger partial charge in [0.15, 0.2) is 23.3 Å². The number of pyridine rings is 3. The second-order valence-corrected chi connectivity index (χ2v) is 11.7. The van der Waals surface area contributed by atoms with Crippen molar-refractivity contribution in [3.63, 3.8) is 0 Å². The molecule has 0 spiro atoms. The van der Waals surface area contributed by atoms with Crippen LogP contribution in [0.3, 0.4) is 0 Å². The van der Waals surface area contributed by atoms with Crippen molar-refractivity contribution >= 4 is 39.9 Å². The molecule has 0 saturated carbocycles. The molecule has 1 aliphatic rings. The second-order valence-electron chi connectivity index (χ2n) is 11.3. The summed E-state index contributed by atoms with van der Waals surface area (Å²) in [6.45, 7) is 11.4. The van der Waals surface area contributed by atoms with Gasteiger partial charge in [-0.05, 0) is 43.5 Å². The van der Waals surface area contributed by atoms with Gasteiger partial charge >= 0.3 is 0 Å². The number of nitriles is 1. The van der Waals surface area contributed by atoms with Crippen molar-refractivity contribution in [3.05, 3.63) is 86.5 Å². The Morgan fingerprint density at radius 3 is 2.46 bits per heavy atom. The highest BCUT2D eigenvalue weighted by Crippen LogP contribution is 2.41. The molecule has 0 bridgehead atoms. The van der Waals surface area contributed by atoms with Crippen molar-refractivity contribution in [2.75, 3.05) is 30.3 Å². The highest BCUT2D eigenvalue weighted by Gasteiger charge is 2.33. The molecule has 1 amide bonds. The molecule has 1 aliphatic heterocycles. The molecule has 1 atom stereocenters. The summed E-state index contributed by atoms with van der Waals surface area (Å²) in [7, 11) is 0. The van der Waals surface area contributed by atoms with Crippen LogP contribution in [0.2, 0.25) is 5.02 Å². The number of fused-ring (bicyclic) bond motifs is 1. The van der Waals surface area contributed by atoms with E-state index in [9.17, 15) is 28.0 Å². The van der Waals surface area contributed by atoms with Crippen LogP contribution in [0.15, 0.2) is 35.8 Å². The normalized spacial score (nSPS) is 15.0. The van der Waals surface area contributed by atoms with E-state index in [4.69, 9.17) is 17.3 Å². The minimum Gasteiger partial charge on any atom is -0.396 e. The Balaban J connectivity index is 1.94. The fourth-order valence-corrected chi connectivity index (χ4v) is 6.10. The number of nitrogens with zero attached hydrogens (tertiary/aromatic N) is 6. The number of rotatable bonds is 5. The largest absolute Gasteiger partial charge is 0.396 e. The Labute approximate surface area is 266 Å². The minimum atomic E-state index is -2.12. The van der Waals surface area contributed by atoms with E-state index in [0.717, 1.165) is 4.57 Å². The quantitative estimate of drug-likeness (QED) is 0.0955. The number of piperazine rings is 1. The lowest BCUT2D eigenvalue weighted by Gasteiger charge is -2.41. The molecule has 14 heteroatoms. The zero-order valence-electron chi connectivity index (χ0n) is 25.3. The number of carbonyl (C=O) groups is 1. The first-order valence-electron chi connectivity index (χ1n) is 14.2. The summed E-state index contributed by atoms with van der Waals surface area (Å²) < 4.78 is 59.5. The zero-order chi connectivity index (χ0) is 33.8. The molecule has 1 aromatic carbocycles. The van der Waals surface area contributed by atoms with Crippen molar-refractivity contribution in [3.8, 4) is 23.0 Å². The number of amides is 1. The number of aromatic nitrogens is 3. The van der Waals surface area contributed by atoms with Gasteiger partial charge in [-0.15, -0.1) is 0 Å². The van der Waals surface area contributed by atoms with Crippen LogP contribution in [0.4, 0.5) is 28.9 Å². The number of nitrogen functional groups attached to an aromatic ring is 1. The molecule has 5 rings (SSSR count). The second kappa shape index (κ2) is 12.1. The van der Waals surface area contributed by atoms with Crippen LogP contribution in [0.1, 0.15) is 43.5 Å².